The van der Waals surface area contributed by atoms with Gasteiger partial charge in [0.05, 0.1) is 11.6 Å². The number of rotatable bonds is 3. The number of benzene rings is 1. The van der Waals surface area contributed by atoms with Gasteiger partial charge >= 0.3 is 0 Å². The van der Waals surface area contributed by atoms with Crippen molar-refractivity contribution in [2.24, 2.45) is 11.3 Å². The lowest BCUT2D eigenvalue weighted by atomic mass is 9.72. The first-order valence-electron chi connectivity index (χ1n) is 8.82. The highest BCUT2D eigenvalue weighted by Gasteiger charge is 2.30. The smallest absolute Gasteiger partial charge is 0.120 e. The number of aromatic nitrogens is 1. The van der Waals surface area contributed by atoms with Crippen molar-refractivity contribution in [3.05, 3.63) is 34.4 Å². The van der Waals surface area contributed by atoms with Gasteiger partial charge in [0, 0.05) is 21.7 Å². The van der Waals surface area contributed by atoms with Crippen LogP contribution in [0.1, 0.15) is 52.1 Å². The quantitative estimate of drug-likeness (QED) is 0.552. The van der Waals surface area contributed by atoms with Crippen molar-refractivity contribution in [3.63, 3.8) is 0 Å². The summed E-state index contributed by atoms with van der Waals surface area (Å²) in [6, 6.07) is 8.34. The van der Waals surface area contributed by atoms with Crippen molar-refractivity contribution >= 4 is 36.1 Å². The van der Waals surface area contributed by atoms with Gasteiger partial charge in [0.1, 0.15) is 5.75 Å². The van der Waals surface area contributed by atoms with Crippen LogP contribution in [0.5, 0.6) is 5.75 Å². The standard InChI is InChI=1S/C20H27BrNOP/c1-20(2,3)13-4-6-15(7-5-13)23-16-8-9-19-17(11-16)18(21)10-14(12-24)22-19/h8-11,13,15H,4-7,12,24H2,1-3H3/t13-,15-. The van der Waals surface area contributed by atoms with E-state index in [4.69, 9.17) is 4.74 Å². The maximum absolute atomic E-state index is 6.28. The molecule has 130 valence electrons. The third-order valence-corrected chi connectivity index (χ3v) is 6.27. The summed E-state index contributed by atoms with van der Waals surface area (Å²) in [5.41, 5.74) is 2.51. The number of hydrogen-bond donors (Lipinski definition) is 0. The SMILES string of the molecule is CC(C)(C)[C@H]1CC[C@H](Oc2ccc3nc(CP)cc(Br)c3c2)CC1. The zero-order valence-corrected chi connectivity index (χ0v) is 17.6. The topological polar surface area (TPSA) is 22.1 Å². The van der Waals surface area contributed by atoms with Crippen molar-refractivity contribution < 1.29 is 4.74 Å². The number of ether oxygens (including phenoxy) is 1. The highest BCUT2D eigenvalue weighted by atomic mass is 79.9. The van der Waals surface area contributed by atoms with Gasteiger partial charge in [0.2, 0.25) is 0 Å². The predicted octanol–water partition coefficient (Wildman–Crippen LogP) is 6.36. The molecule has 24 heavy (non-hydrogen) atoms. The molecule has 0 amide bonds. The van der Waals surface area contributed by atoms with E-state index < -0.39 is 0 Å². The highest BCUT2D eigenvalue weighted by molar-refractivity contribution is 9.10. The van der Waals surface area contributed by atoms with E-state index in [9.17, 15) is 0 Å². The molecule has 0 saturated heterocycles. The lowest BCUT2D eigenvalue weighted by molar-refractivity contribution is 0.0883. The Balaban J connectivity index is 1.71. The Bertz CT molecular complexity index is 717. The molecule has 3 rings (SSSR count). The summed E-state index contributed by atoms with van der Waals surface area (Å²) in [5.74, 6) is 1.78. The van der Waals surface area contributed by atoms with Crippen LogP contribution in [0.2, 0.25) is 0 Å². The average Bonchev–Trinajstić information content (AvgIpc) is 2.55. The van der Waals surface area contributed by atoms with E-state index in [0.29, 0.717) is 11.5 Å². The van der Waals surface area contributed by atoms with E-state index in [1.165, 1.54) is 12.8 Å². The average molecular weight is 408 g/mol. The molecule has 1 heterocycles. The Morgan fingerprint density at radius 1 is 1.17 bits per heavy atom. The van der Waals surface area contributed by atoms with E-state index in [-0.39, 0.29) is 0 Å². The number of nitrogens with zero attached hydrogens (tertiary/aromatic N) is 1. The first kappa shape index (κ1) is 18.1. The fourth-order valence-electron chi connectivity index (χ4n) is 3.63. The van der Waals surface area contributed by atoms with Gasteiger partial charge in [-0.15, -0.1) is 9.24 Å². The van der Waals surface area contributed by atoms with Gasteiger partial charge in [-0.25, -0.2) is 0 Å². The van der Waals surface area contributed by atoms with E-state index in [0.717, 1.165) is 51.7 Å². The molecule has 1 aromatic heterocycles. The minimum Gasteiger partial charge on any atom is -0.490 e. The lowest BCUT2D eigenvalue weighted by Crippen LogP contribution is -2.30. The Kier molecular flexibility index (Phi) is 5.52. The van der Waals surface area contributed by atoms with Crippen molar-refractivity contribution in [2.45, 2.75) is 58.7 Å². The van der Waals surface area contributed by atoms with Gasteiger partial charge in [0.25, 0.3) is 0 Å². The molecule has 1 unspecified atom stereocenters. The maximum atomic E-state index is 6.28. The van der Waals surface area contributed by atoms with E-state index in [2.05, 4.69) is 75.2 Å². The number of fused-ring (bicyclic) bond motifs is 1. The van der Waals surface area contributed by atoms with Crippen LogP contribution in [-0.2, 0) is 6.16 Å². The Labute approximate surface area is 156 Å². The second kappa shape index (κ2) is 7.30. The first-order chi connectivity index (χ1) is 11.4. The minimum absolute atomic E-state index is 0.346. The minimum atomic E-state index is 0.346. The maximum Gasteiger partial charge on any atom is 0.120 e. The molecule has 0 bridgehead atoms. The molecule has 1 aromatic carbocycles. The lowest BCUT2D eigenvalue weighted by Gasteiger charge is -2.37. The normalized spacial score (nSPS) is 21.9. The van der Waals surface area contributed by atoms with Crippen LogP contribution in [0.4, 0.5) is 0 Å². The summed E-state index contributed by atoms with van der Waals surface area (Å²) in [5, 5.41) is 1.12. The van der Waals surface area contributed by atoms with Crippen LogP contribution in [0.15, 0.2) is 28.7 Å². The number of halogens is 1. The van der Waals surface area contributed by atoms with Crippen molar-refractivity contribution in [2.75, 3.05) is 0 Å². The second-order valence-corrected chi connectivity index (χ2v) is 9.20. The molecule has 2 aromatic rings. The van der Waals surface area contributed by atoms with Crippen molar-refractivity contribution in [1.29, 1.82) is 0 Å². The monoisotopic (exact) mass is 407 g/mol. The van der Waals surface area contributed by atoms with Gasteiger partial charge in [0.15, 0.2) is 0 Å². The molecule has 1 fully saturated rings. The van der Waals surface area contributed by atoms with Crippen LogP contribution in [0, 0.1) is 11.3 Å². The highest BCUT2D eigenvalue weighted by Crippen LogP contribution is 2.39. The summed E-state index contributed by atoms with van der Waals surface area (Å²) in [4.78, 5) is 4.67. The largest absolute Gasteiger partial charge is 0.490 e. The van der Waals surface area contributed by atoms with Crippen molar-refractivity contribution in [1.82, 2.24) is 4.98 Å². The fraction of sp³-hybridized carbons (Fsp3) is 0.550. The summed E-state index contributed by atoms with van der Waals surface area (Å²) in [6.45, 7) is 7.07. The summed E-state index contributed by atoms with van der Waals surface area (Å²) in [7, 11) is 2.73. The van der Waals surface area contributed by atoms with E-state index >= 15 is 0 Å². The van der Waals surface area contributed by atoms with Crippen LogP contribution < -0.4 is 4.74 Å². The van der Waals surface area contributed by atoms with Crippen LogP contribution in [0.25, 0.3) is 10.9 Å². The first-order valence-corrected chi connectivity index (χ1v) is 10.4. The third kappa shape index (κ3) is 4.11. The zero-order valence-electron chi connectivity index (χ0n) is 14.8. The van der Waals surface area contributed by atoms with Crippen molar-refractivity contribution in [3.8, 4) is 5.75 Å². The Morgan fingerprint density at radius 3 is 2.50 bits per heavy atom. The zero-order chi connectivity index (χ0) is 17.3. The van der Waals surface area contributed by atoms with Crippen LogP contribution in [0.3, 0.4) is 0 Å². The van der Waals surface area contributed by atoms with E-state index in [1.54, 1.807) is 0 Å². The Morgan fingerprint density at radius 2 is 1.88 bits per heavy atom. The molecule has 1 atom stereocenters. The van der Waals surface area contributed by atoms with E-state index in [1.807, 2.05) is 0 Å². The van der Waals surface area contributed by atoms with Gasteiger partial charge in [-0.3, -0.25) is 4.98 Å². The van der Waals surface area contributed by atoms with Crippen LogP contribution >= 0.6 is 25.2 Å². The molecule has 0 radical (unpaired) electrons. The molecule has 1 saturated carbocycles. The number of hydrogen-bond acceptors (Lipinski definition) is 2. The molecule has 0 spiro atoms. The molecule has 1 aliphatic carbocycles. The van der Waals surface area contributed by atoms with Gasteiger partial charge < -0.3 is 4.74 Å². The molecular formula is C20H27BrNOP. The molecule has 2 nitrogen and oxygen atoms in total. The molecule has 4 heteroatoms. The summed E-state index contributed by atoms with van der Waals surface area (Å²) in [6.07, 6.45) is 6.06. The fourth-order valence-corrected chi connectivity index (χ4v) is 4.42. The molecule has 1 aliphatic rings. The van der Waals surface area contributed by atoms with Gasteiger partial charge in [-0.05, 0) is 61.3 Å². The van der Waals surface area contributed by atoms with Crippen LogP contribution in [-0.4, -0.2) is 11.1 Å². The Hall–Kier alpha value is -0.660. The molecular weight excluding hydrogens is 381 g/mol. The van der Waals surface area contributed by atoms with Gasteiger partial charge in [-0.1, -0.05) is 36.7 Å². The van der Waals surface area contributed by atoms with Gasteiger partial charge in [-0.2, -0.15) is 0 Å². The summed E-state index contributed by atoms with van der Waals surface area (Å²) < 4.78 is 7.37. The summed E-state index contributed by atoms with van der Waals surface area (Å²) >= 11 is 3.67. The molecule has 0 N–H and O–H groups in total. The predicted molar refractivity (Wildman–Crippen MR) is 109 cm³/mol. The molecule has 0 aliphatic heterocycles. The third-order valence-electron chi connectivity index (χ3n) is 5.19. The second-order valence-electron chi connectivity index (χ2n) is 7.94. The number of pyridine rings is 1.